The second-order valence-corrected chi connectivity index (χ2v) is 7.81. The number of ether oxygens (including phenoxy) is 1. The number of imide groups is 1. The summed E-state index contributed by atoms with van der Waals surface area (Å²) in [5.74, 6) is -5.49. The van der Waals surface area contributed by atoms with Gasteiger partial charge in [0.15, 0.2) is 5.82 Å². The van der Waals surface area contributed by atoms with Crippen LogP contribution < -0.4 is 10.6 Å². The number of alkyl halides is 3. The van der Waals surface area contributed by atoms with E-state index in [4.69, 9.17) is 15.7 Å². The average molecular weight is 397 g/mol. The van der Waals surface area contributed by atoms with E-state index in [1.54, 1.807) is 13.8 Å². The number of benzene rings is 1. The molecular weight excluding hydrogens is 382 g/mol. The Kier molecular flexibility index (Phi) is 3.57. The molecule has 28 heavy (non-hydrogen) atoms. The molecule has 0 spiro atoms. The maximum absolute atomic E-state index is 14.8. The molecule has 1 aromatic carbocycles. The third-order valence-electron chi connectivity index (χ3n) is 6.16. The molecule has 3 saturated heterocycles. The number of nitrogens with zero attached hydrogens (tertiary/aromatic N) is 2. The van der Waals surface area contributed by atoms with Crippen molar-refractivity contribution < 1.29 is 31.9 Å². The van der Waals surface area contributed by atoms with Crippen LogP contribution in [0, 0.1) is 29.0 Å². The van der Waals surface area contributed by atoms with Crippen LogP contribution in [0.1, 0.15) is 31.4 Å². The zero-order chi connectivity index (χ0) is 20.8. The maximum Gasteiger partial charge on any atom is 0.420 e. The number of hydrogen-bond donors (Lipinski definition) is 1. The second kappa shape index (κ2) is 5.30. The van der Waals surface area contributed by atoms with Crippen molar-refractivity contribution in [2.45, 2.75) is 43.7 Å². The molecule has 3 aliphatic rings. The summed E-state index contributed by atoms with van der Waals surface area (Å²) in [6, 6.07) is 2.32. The van der Waals surface area contributed by atoms with Gasteiger partial charge in [0.05, 0.1) is 40.4 Å². The van der Waals surface area contributed by atoms with Crippen LogP contribution in [0.4, 0.5) is 23.2 Å². The Bertz CT molecular complexity index is 972. The van der Waals surface area contributed by atoms with Crippen molar-refractivity contribution in [1.82, 2.24) is 0 Å². The van der Waals surface area contributed by atoms with Crippen molar-refractivity contribution in [3.63, 3.8) is 0 Å². The highest BCUT2D eigenvalue weighted by molar-refractivity contribution is 6.23. The minimum atomic E-state index is -5.17. The molecule has 0 unspecified atom stereocenters. The van der Waals surface area contributed by atoms with Crippen molar-refractivity contribution in [1.29, 1.82) is 5.26 Å². The minimum Gasteiger partial charge on any atom is -0.366 e. The van der Waals surface area contributed by atoms with Gasteiger partial charge in [0.1, 0.15) is 5.56 Å². The average Bonchev–Trinajstić information content (AvgIpc) is 3.08. The van der Waals surface area contributed by atoms with E-state index in [1.165, 1.54) is 6.07 Å². The fourth-order valence-corrected chi connectivity index (χ4v) is 4.95. The zero-order valence-electron chi connectivity index (χ0n) is 14.8. The molecule has 3 fully saturated rings. The predicted molar refractivity (Wildman–Crippen MR) is 86.1 cm³/mol. The number of nitriles is 1. The van der Waals surface area contributed by atoms with Gasteiger partial charge in [0, 0.05) is 6.04 Å². The van der Waals surface area contributed by atoms with Gasteiger partial charge in [-0.15, -0.1) is 0 Å². The highest BCUT2D eigenvalue weighted by atomic mass is 19.4. The second-order valence-electron chi connectivity index (χ2n) is 7.81. The molecule has 148 valence electrons. The number of carbonyl (C=O) groups is 2. The highest BCUT2D eigenvalue weighted by Gasteiger charge is 2.75. The number of fused-ring (bicyclic) bond motifs is 5. The van der Waals surface area contributed by atoms with E-state index in [0.29, 0.717) is 11.3 Å². The first-order valence-electron chi connectivity index (χ1n) is 8.50. The zero-order valence-corrected chi connectivity index (χ0v) is 14.8. The van der Waals surface area contributed by atoms with E-state index < -0.39 is 69.7 Å². The van der Waals surface area contributed by atoms with Crippen LogP contribution in [0.2, 0.25) is 0 Å². The Hall–Kier alpha value is -2.51. The molecular formula is C18H15F4N3O3. The number of nitrogens with two attached hydrogens (primary N) is 1. The van der Waals surface area contributed by atoms with E-state index in [-0.39, 0.29) is 0 Å². The maximum atomic E-state index is 14.8. The molecule has 2 amide bonds. The van der Waals surface area contributed by atoms with Gasteiger partial charge in [0.2, 0.25) is 11.8 Å². The van der Waals surface area contributed by atoms with E-state index in [0.717, 1.165) is 12.1 Å². The lowest BCUT2D eigenvalue weighted by atomic mass is 9.67. The summed E-state index contributed by atoms with van der Waals surface area (Å²) in [6.45, 7) is 3.20. The summed E-state index contributed by atoms with van der Waals surface area (Å²) in [7, 11) is 0. The van der Waals surface area contributed by atoms with Crippen molar-refractivity contribution in [2.24, 2.45) is 17.6 Å². The van der Waals surface area contributed by atoms with Crippen LogP contribution in [-0.4, -0.2) is 29.1 Å². The summed E-state index contributed by atoms with van der Waals surface area (Å²) in [5.41, 5.74) is 0.278. The molecule has 3 aliphatic heterocycles. The molecule has 4 rings (SSSR count). The number of amides is 2. The topological polar surface area (TPSA) is 96.4 Å². The minimum absolute atomic E-state index is 0.293. The Morgan fingerprint density at radius 3 is 2.43 bits per heavy atom. The van der Waals surface area contributed by atoms with E-state index >= 15 is 0 Å². The number of anilines is 1. The smallest absolute Gasteiger partial charge is 0.366 e. The molecule has 10 heteroatoms. The van der Waals surface area contributed by atoms with Gasteiger partial charge in [-0.1, -0.05) is 0 Å². The lowest BCUT2D eigenvalue weighted by Gasteiger charge is -2.32. The Morgan fingerprint density at radius 1 is 1.25 bits per heavy atom. The van der Waals surface area contributed by atoms with Gasteiger partial charge in [-0.2, -0.15) is 18.4 Å². The van der Waals surface area contributed by atoms with Crippen LogP contribution in [0.5, 0.6) is 0 Å². The summed E-state index contributed by atoms with van der Waals surface area (Å²) in [5, 5.41) is 8.88. The summed E-state index contributed by atoms with van der Waals surface area (Å²) in [4.78, 5) is 26.4. The Balaban J connectivity index is 1.86. The van der Waals surface area contributed by atoms with Crippen molar-refractivity contribution in [3.05, 3.63) is 29.1 Å². The Labute approximate surface area is 156 Å². The molecule has 0 aliphatic carbocycles. The molecule has 1 aromatic rings. The summed E-state index contributed by atoms with van der Waals surface area (Å²) in [6.07, 6.45) is -4.88. The van der Waals surface area contributed by atoms with Crippen LogP contribution in [0.25, 0.3) is 0 Å². The van der Waals surface area contributed by atoms with Crippen molar-refractivity contribution >= 4 is 17.5 Å². The largest absolute Gasteiger partial charge is 0.420 e. The molecule has 2 N–H and O–H groups in total. The third-order valence-corrected chi connectivity index (χ3v) is 6.16. The number of carbonyl (C=O) groups excluding carboxylic acids is 2. The Morgan fingerprint density at radius 2 is 1.86 bits per heavy atom. The molecule has 3 heterocycles. The van der Waals surface area contributed by atoms with E-state index in [2.05, 4.69) is 0 Å². The number of hydrogen-bond acceptors (Lipinski definition) is 5. The van der Waals surface area contributed by atoms with Crippen LogP contribution in [0.15, 0.2) is 12.1 Å². The van der Waals surface area contributed by atoms with Gasteiger partial charge >= 0.3 is 6.18 Å². The van der Waals surface area contributed by atoms with Gasteiger partial charge in [0.25, 0.3) is 0 Å². The highest BCUT2D eigenvalue weighted by Crippen LogP contribution is 2.60. The quantitative estimate of drug-likeness (QED) is 0.578. The molecule has 5 atom stereocenters. The lowest BCUT2D eigenvalue weighted by molar-refractivity contribution is -0.140. The van der Waals surface area contributed by atoms with E-state index in [1.807, 2.05) is 0 Å². The molecule has 6 nitrogen and oxygen atoms in total. The van der Waals surface area contributed by atoms with E-state index in [9.17, 15) is 27.2 Å². The predicted octanol–water partition coefficient (Wildman–Crippen LogP) is 2.10. The van der Waals surface area contributed by atoms with Crippen LogP contribution in [0.3, 0.4) is 0 Å². The fourth-order valence-electron chi connectivity index (χ4n) is 4.95. The van der Waals surface area contributed by atoms with Gasteiger partial charge < -0.3 is 10.5 Å². The standard InChI is InChI=1S/C18H15F4N3O3/c1-16-5-9(24)17(2,28-16)12-11(16)14(26)25(15(12)27)8-4-3-7(6-23)10(13(8)19)18(20,21)22/h3-4,9,11-12H,5,24H2,1-2H3/t9-,11-,12+,16-,17+/m1/s1. The normalized spacial score (nSPS) is 36.8. The van der Waals surface area contributed by atoms with Crippen molar-refractivity contribution in [3.8, 4) is 6.07 Å². The summed E-state index contributed by atoms with van der Waals surface area (Å²) >= 11 is 0. The first kappa shape index (κ1) is 18.8. The lowest BCUT2D eigenvalue weighted by Crippen LogP contribution is -2.53. The molecule has 0 saturated carbocycles. The van der Waals surface area contributed by atoms with Crippen LogP contribution in [-0.2, 0) is 20.5 Å². The fraction of sp³-hybridized carbons (Fsp3) is 0.500. The third kappa shape index (κ3) is 2.08. The van der Waals surface area contributed by atoms with Crippen molar-refractivity contribution in [2.75, 3.05) is 4.90 Å². The first-order valence-corrected chi connectivity index (χ1v) is 8.50. The summed E-state index contributed by atoms with van der Waals surface area (Å²) < 4.78 is 60.5. The first-order chi connectivity index (χ1) is 12.9. The van der Waals surface area contributed by atoms with Crippen LogP contribution >= 0.6 is 0 Å². The SMILES string of the molecule is C[C@]12O[C@](C)(C[C@H]1N)[C@H]1C(=O)N(c3ccc(C#N)c(C(F)(F)F)c3F)C(=O)[C@H]12. The number of halogens is 4. The number of rotatable bonds is 1. The van der Waals surface area contributed by atoms with Gasteiger partial charge in [-0.3, -0.25) is 9.59 Å². The molecule has 2 bridgehead atoms. The molecule has 0 radical (unpaired) electrons. The van der Waals surface area contributed by atoms with Gasteiger partial charge in [-0.25, -0.2) is 9.29 Å². The van der Waals surface area contributed by atoms with Gasteiger partial charge in [-0.05, 0) is 32.4 Å². The molecule has 0 aromatic heterocycles. The monoisotopic (exact) mass is 397 g/mol.